The van der Waals surface area contributed by atoms with E-state index in [1.165, 1.54) is 12.1 Å². The molecule has 0 saturated heterocycles. The van der Waals surface area contributed by atoms with E-state index in [2.05, 4.69) is 0 Å². The molecule has 1 aromatic rings. The Morgan fingerprint density at radius 1 is 1.50 bits per heavy atom. The molecule has 0 amide bonds. The van der Waals surface area contributed by atoms with Gasteiger partial charge in [-0.1, -0.05) is 17.1 Å². The van der Waals surface area contributed by atoms with Crippen LogP contribution in [0.4, 0.5) is 5.69 Å². The maximum absolute atomic E-state index is 10.5. The highest BCUT2D eigenvalue weighted by Crippen LogP contribution is 2.22. The molecule has 0 aliphatic heterocycles. The maximum atomic E-state index is 10.5. The van der Waals surface area contributed by atoms with Crippen LogP contribution in [0.3, 0.4) is 0 Å². The highest BCUT2D eigenvalue weighted by atomic mass is 127. The van der Waals surface area contributed by atoms with Crippen molar-refractivity contribution in [2.75, 3.05) is 0 Å². The molecule has 5 nitrogen and oxygen atoms in total. The molecule has 0 spiro atoms. The molecule has 0 saturated carbocycles. The predicted molar refractivity (Wildman–Crippen MR) is 58.4 cm³/mol. The van der Waals surface area contributed by atoms with Gasteiger partial charge in [0.15, 0.2) is 0 Å². The van der Waals surface area contributed by atoms with Gasteiger partial charge in [-0.15, -0.1) is 0 Å². The fourth-order valence-electron chi connectivity index (χ4n) is 0.924. The first-order valence-electron chi connectivity index (χ1n) is 3.49. The van der Waals surface area contributed by atoms with Crippen molar-refractivity contribution in [3.05, 3.63) is 37.4 Å². The van der Waals surface area contributed by atoms with E-state index in [1.807, 2.05) is 22.6 Å². The molecule has 1 aromatic carbocycles. The lowest BCUT2D eigenvalue weighted by Gasteiger charge is -2.04. The SMILES string of the molecule is O=[N+]([O-])c1cc(CS(=O)[O-])ccc1I. The molecule has 1 unspecified atom stereocenters. The zero-order chi connectivity index (χ0) is 10.7. The average molecular weight is 326 g/mol. The van der Waals surface area contributed by atoms with Crippen LogP contribution in [-0.2, 0) is 16.8 Å². The number of nitro groups is 1. The minimum Gasteiger partial charge on any atom is -0.772 e. The summed E-state index contributed by atoms with van der Waals surface area (Å²) in [7, 11) is 0. The van der Waals surface area contributed by atoms with Crippen LogP contribution in [0, 0.1) is 13.7 Å². The summed E-state index contributed by atoms with van der Waals surface area (Å²) in [5.41, 5.74) is 0.360. The third-order valence-corrected chi connectivity index (χ3v) is 2.97. The van der Waals surface area contributed by atoms with Gasteiger partial charge in [0.1, 0.15) is 0 Å². The summed E-state index contributed by atoms with van der Waals surface area (Å²) < 4.78 is 21.2. The quantitative estimate of drug-likeness (QED) is 0.365. The Kier molecular flexibility index (Phi) is 3.96. The number of hydrogen-bond acceptors (Lipinski definition) is 4. The van der Waals surface area contributed by atoms with Crippen molar-refractivity contribution in [3.63, 3.8) is 0 Å². The van der Waals surface area contributed by atoms with Gasteiger partial charge < -0.3 is 4.55 Å². The van der Waals surface area contributed by atoms with Gasteiger partial charge in [-0.05, 0) is 34.2 Å². The van der Waals surface area contributed by atoms with E-state index < -0.39 is 16.0 Å². The van der Waals surface area contributed by atoms with E-state index in [-0.39, 0.29) is 11.4 Å². The summed E-state index contributed by atoms with van der Waals surface area (Å²) in [6.07, 6.45) is 0. The van der Waals surface area contributed by atoms with Gasteiger partial charge in [0, 0.05) is 11.8 Å². The lowest BCUT2D eigenvalue weighted by Crippen LogP contribution is -1.97. The second-order valence-corrected chi connectivity index (χ2v) is 4.55. The Labute approximate surface area is 96.1 Å². The van der Waals surface area contributed by atoms with E-state index in [0.717, 1.165) is 0 Å². The fraction of sp³-hybridized carbons (Fsp3) is 0.143. The third kappa shape index (κ3) is 3.00. The number of rotatable bonds is 3. The zero-order valence-corrected chi connectivity index (χ0v) is 9.78. The summed E-state index contributed by atoms with van der Waals surface area (Å²) >= 11 is -0.389. The van der Waals surface area contributed by atoms with Crippen molar-refractivity contribution in [1.29, 1.82) is 0 Å². The van der Waals surface area contributed by atoms with Crippen LogP contribution in [0.25, 0.3) is 0 Å². The van der Waals surface area contributed by atoms with E-state index in [0.29, 0.717) is 9.13 Å². The van der Waals surface area contributed by atoms with Crippen molar-refractivity contribution in [1.82, 2.24) is 0 Å². The third-order valence-electron chi connectivity index (χ3n) is 1.49. The number of halogens is 1. The highest BCUT2D eigenvalue weighted by molar-refractivity contribution is 14.1. The first-order chi connectivity index (χ1) is 6.50. The summed E-state index contributed by atoms with van der Waals surface area (Å²) in [6.45, 7) is 0. The molecule has 0 aliphatic carbocycles. The minimum absolute atomic E-state index is 0.0615. The second-order valence-electron chi connectivity index (χ2n) is 2.49. The van der Waals surface area contributed by atoms with Crippen LogP contribution in [-0.4, -0.2) is 13.7 Å². The number of nitro benzene ring substituents is 1. The molecule has 0 aromatic heterocycles. The lowest BCUT2D eigenvalue weighted by atomic mass is 10.2. The number of benzene rings is 1. The second kappa shape index (κ2) is 4.80. The van der Waals surface area contributed by atoms with Crippen molar-refractivity contribution < 1.29 is 13.7 Å². The molecule has 0 heterocycles. The van der Waals surface area contributed by atoms with E-state index >= 15 is 0 Å². The molecular weight excluding hydrogens is 321 g/mol. The molecule has 0 radical (unpaired) electrons. The van der Waals surface area contributed by atoms with Gasteiger partial charge in [0.2, 0.25) is 0 Å². The summed E-state index contributed by atoms with van der Waals surface area (Å²) in [5, 5.41) is 10.5. The smallest absolute Gasteiger partial charge is 0.282 e. The molecule has 0 bridgehead atoms. The molecular formula is C7H5INO4S-. The summed E-state index contributed by atoms with van der Waals surface area (Å²) in [5.74, 6) is -0.197. The summed E-state index contributed by atoms with van der Waals surface area (Å²) in [4.78, 5) is 9.98. The van der Waals surface area contributed by atoms with E-state index in [4.69, 9.17) is 0 Å². The average Bonchev–Trinajstić information content (AvgIpc) is 2.07. The number of nitrogens with zero attached hydrogens (tertiary/aromatic N) is 1. The Hall–Kier alpha value is -0.540. The van der Waals surface area contributed by atoms with Crippen molar-refractivity contribution in [3.8, 4) is 0 Å². The van der Waals surface area contributed by atoms with E-state index in [9.17, 15) is 18.9 Å². The van der Waals surface area contributed by atoms with Crippen LogP contribution in [0.15, 0.2) is 18.2 Å². The maximum Gasteiger partial charge on any atom is 0.282 e. The molecule has 7 heteroatoms. The van der Waals surface area contributed by atoms with Gasteiger partial charge in [-0.3, -0.25) is 14.3 Å². The molecule has 14 heavy (non-hydrogen) atoms. The van der Waals surface area contributed by atoms with Crippen molar-refractivity contribution in [2.45, 2.75) is 5.75 Å². The van der Waals surface area contributed by atoms with Crippen LogP contribution in [0.2, 0.25) is 0 Å². The van der Waals surface area contributed by atoms with Crippen molar-refractivity contribution in [2.24, 2.45) is 0 Å². The first kappa shape index (κ1) is 11.5. The molecule has 0 aliphatic rings. The van der Waals surface area contributed by atoms with Gasteiger partial charge in [-0.2, -0.15) is 0 Å². The Morgan fingerprint density at radius 3 is 2.64 bits per heavy atom. The Morgan fingerprint density at radius 2 is 2.14 bits per heavy atom. The summed E-state index contributed by atoms with van der Waals surface area (Å²) in [6, 6.07) is 4.36. The van der Waals surface area contributed by atoms with Gasteiger partial charge in [-0.25, -0.2) is 0 Å². The van der Waals surface area contributed by atoms with Crippen LogP contribution in [0.1, 0.15) is 5.56 Å². The topological polar surface area (TPSA) is 83.3 Å². The minimum atomic E-state index is -2.22. The largest absolute Gasteiger partial charge is 0.772 e. The number of hydrogen-bond donors (Lipinski definition) is 0. The lowest BCUT2D eigenvalue weighted by molar-refractivity contribution is -0.385. The normalized spacial score (nSPS) is 12.4. The highest BCUT2D eigenvalue weighted by Gasteiger charge is 2.11. The Bertz CT molecular complexity index is 395. The molecule has 0 N–H and O–H groups in total. The molecule has 0 fully saturated rings. The Balaban J connectivity index is 3.06. The standard InChI is InChI=1S/C7H6INO4S/c8-6-2-1-5(4-14(12)13)3-7(6)9(10)11/h1-3H,4H2,(H,12,13)/p-1. The van der Waals surface area contributed by atoms with Crippen LogP contribution < -0.4 is 0 Å². The molecule has 1 rings (SSSR count). The zero-order valence-electron chi connectivity index (χ0n) is 6.81. The van der Waals surface area contributed by atoms with Crippen LogP contribution >= 0.6 is 22.6 Å². The van der Waals surface area contributed by atoms with E-state index in [1.54, 1.807) is 6.07 Å². The van der Waals surface area contributed by atoms with Crippen molar-refractivity contribution >= 4 is 39.4 Å². The molecule has 1 atom stereocenters. The first-order valence-corrected chi connectivity index (χ1v) is 5.81. The molecule has 76 valence electrons. The monoisotopic (exact) mass is 326 g/mol. The van der Waals surface area contributed by atoms with Gasteiger partial charge in [0.25, 0.3) is 5.69 Å². The fourth-order valence-corrected chi connectivity index (χ4v) is 1.91. The predicted octanol–water partition coefficient (Wildman–Crippen LogP) is 1.58. The van der Waals surface area contributed by atoms with Crippen LogP contribution in [0.5, 0.6) is 0 Å². The van der Waals surface area contributed by atoms with Gasteiger partial charge in [0.05, 0.1) is 8.49 Å². The van der Waals surface area contributed by atoms with Gasteiger partial charge >= 0.3 is 0 Å².